The summed E-state index contributed by atoms with van der Waals surface area (Å²) in [6.07, 6.45) is 0. The van der Waals surface area contributed by atoms with Crippen LogP contribution in [-0.2, 0) is 15.3 Å². The number of ether oxygens (including phenoxy) is 2. The van der Waals surface area contributed by atoms with Crippen LogP contribution < -0.4 is 20.3 Å². The zero-order chi connectivity index (χ0) is 31.1. The van der Waals surface area contributed by atoms with Crippen molar-refractivity contribution in [2.24, 2.45) is 0 Å². The van der Waals surface area contributed by atoms with E-state index in [2.05, 4.69) is 41.6 Å². The summed E-state index contributed by atoms with van der Waals surface area (Å²) in [6, 6.07) is 8.90. The number of aromatic hydroxyl groups is 1. The zero-order valence-corrected chi connectivity index (χ0v) is 27.4. The van der Waals surface area contributed by atoms with Crippen molar-refractivity contribution >= 4 is 68.3 Å². The maximum Gasteiger partial charge on any atom is 0.339 e. The molecular formula is C28H33BrN6O6S2. The van der Waals surface area contributed by atoms with Crippen molar-refractivity contribution in [3.8, 4) is 11.5 Å². The average molecular weight is 694 g/mol. The summed E-state index contributed by atoms with van der Waals surface area (Å²) in [6.45, 7) is 6.30. The molecule has 1 fully saturated rings. The van der Waals surface area contributed by atoms with Crippen LogP contribution in [0, 0.1) is 6.92 Å². The van der Waals surface area contributed by atoms with E-state index in [0.717, 1.165) is 24.5 Å². The van der Waals surface area contributed by atoms with Crippen molar-refractivity contribution in [1.29, 1.82) is 0 Å². The molecule has 4 rings (SSSR count). The number of halogens is 1. The Morgan fingerprint density at radius 3 is 2.49 bits per heavy atom. The van der Waals surface area contributed by atoms with Gasteiger partial charge in [0.05, 0.1) is 24.3 Å². The summed E-state index contributed by atoms with van der Waals surface area (Å²) in [5.74, 6) is 1.24. The quantitative estimate of drug-likeness (QED) is 0.206. The molecule has 1 aliphatic rings. The first kappa shape index (κ1) is 32.4. The van der Waals surface area contributed by atoms with Crippen molar-refractivity contribution in [1.82, 2.24) is 20.4 Å². The van der Waals surface area contributed by atoms with Gasteiger partial charge in [0, 0.05) is 67.6 Å². The number of aromatic nitrogens is 2. The number of nitrogens with one attached hydrogen (secondary N) is 2. The number of carbonyl (C=O) groups is 2. The van der Waals surface area contributed by atoms with Gasteiger partial charge in [0.25, 0.3) is 0 Å². The van der Waals surface area contributed by atoms with Crippen LogP contribution >= 0.6 is 39.9 Å². The third kappa shape index (κ3) is 8.09. The van der Waals surface area contributed by atoms with Gasteiger partial charge in [0.15, 0.2) is 10.9 Å². The highest BCUT2D eigenvalue weighted by atomic mass is 79.9. The fourth-order valence-corrected chi connectivity index (χ4v) is 6.55. The lowest BCUT2D eigenvalue weighted by Gasteiger charge is -2.35. The van der Waals surface area contributed by atoms with Crippen LogP contribution in [0.15, 0.2) is 39.3 Å². The Balaban J connectivity index is 1.40. The maximum absolute atomic E-state index is 12.5. The number of phenols is 1. The standard InChI is InChI=1S/C28H33BrN6O6S2/c1-16-30-26(41-33-16)21(15-43-14-20-22(37)13-23(39-3)25(29)24(20)27(38)40-4)32-28(42)31-18-5-7-19(8-6-18)35-11-9-34(10-12-35)17(2)36/h5-8,13,21,37H,9-12,14-15H2,1-4H3,(H2,31,32,42). The minimum absolute atomic E-state index is 0.0903. The Morgan fingerprint density at radius 1 is 1.21 bits per heavy atom. The number of phenolic OH excluding ortho intramolecular Hbond substituents is 1. The average Bonchev–Trinajstić information content (AvgIpc) is 3.44. The molecule has 1 amide bonds. The first-order valence-electron chi connectivity index (χ1n) is 13.3. The molecule has 2 heterocycles. The van der Waals surface area contributed by atoms with E-state index in [0.29, 0.717) is 51.5 Å². The molecule has 3 aromatic rings. The van der Waals surface area contributed by atoms with E-state index in [1.807, 2.05) is 29.2 Å². The Morgan fingerprint density at radius 2 is 1.91 bits per heavy atom. The molecule has 12 nitrogen and oxygen atoms in total. The summed E-state index contributed by atoms with van der Waals surface area (Å²) in [7, 11) is 2.72. The van der Waals surface area contributed by atoms with Crippen molar-refractivity contribution in [2.45, 2.75) is 25.6 Å². The monoisotopic (exact) mass is 692 g/mol. The number of methoxy groups -OCH3 is 2. The summed E-state index contributed by atoms with van der Waals surface area (Å²) in [5.41, 5.74) is 2.45. The van der Waals surface area contributed by atoms with E-state index in [9.17, 15) is 14.7 Å². The largest absolute Gasteiger partial charge is 0.507 e. The molecule has 2 aromatic carbocycles. The van der Waals surface area contributed by atoms with Crippen molar-refractivity contribution in [3.05, 3.63) is 57.6 Å². The highest BCUT2D eigenvalue weighted by molar-refractivity contribution is 9.10. The van der Waals surface area contributed by atoms with E-state index >= 15 is 0 Å². The first-order valence-corrected chi connectivity index (χ1v) is 15.7. The van der Waals surface area contributed by atoms with E-state index in [1.165, 1.54) is 32.0 Å². The van der Waals surface area contributed by atoms with Gasteiger partial charge in [-0.25, -0.2) is 4.79 Å². The van der Waals surface area contributed by atoms with E-state index in [1.54, 1.807) is 13.8 Å². The topological polar surface area (TPSA) is 142 Å². The molecular weight excluding hydrogens is 660 g/mol. The summed E-state index contributed by atoms with van der Waals surface area (Å²) < 4.78 is 16.0. The van der Waals surface area contributed by atoms with Gasteiger partial charge in [0.2, 0.25) is 11.8 Å². The molecule has 0 saturated carbocycles. The third-order valence-electron chi connectivity index (χ3n) is 6.82. The van der Waals surface area contributed by atoms with Gasteiger partial charge in [-0.05, 0) is 59.3 Å². The van der Waals surface area contributed by atoms with Crippen molar-refractivity contribution in [2.75, 3.05) is 56.4 Å². The van der Waals surface area contributed by atoms with Gasteiger partial charge in [-0.3, -0.25) is 4.79 Å². The molecule has 0 bridgehead atoms. The van der Waals surface area contributed by atoms with Crippen LogP contribution in [0.5, 0.6) is 11.5 Å². The van der Waals surface area contributed by atoms with Crippen LogP contribution in [0.4, 0.5) is 11.4 Å². The number of carbonyl (C=O) groups excluding carboxylic acids is 2. The van der Waals surface area contributed by atoms with Gasteiger partial charge in [-0.1, -0.05) is 5.16 Å². The van der Waals surface area contributed by atoms with Crippen molar-refractivity contribution in [3.63, 3.8) is 0 Å². The normalized spacial score (nSPS) is 13.8. The highest BCUT2D eigenvalue weighted by Gasteiger charge is 2.25. The Labute approximate surface area is 267 Å². The molecule has 3 N–H and O–H groups in total. The lowest BCUT2D eigenvalue weighted by atomic mass is 10.1. The number of hydrogen-bond acceptors (Lipinski definition) is 11. The highest BCUT2D eigenvalue weighted by Crippen LogP contribution is 2.39. The molecule has 230 valence electrons. The molecule has 1 unspecified atom stereocenters. The van der Waals surface area contributed by atoms with Crippen LogP contribution in [-0.4, -0.2) is 83.3 Å². The lowest BCUT2D eigenvalue weighted by Crippen LogP contribution is -2.48. The minimum atomic E-state index is -0.603. The summed E-state index contributed by atoms with van der Waals surface area (Å²) in [5, 5.41) is 21.4. The summed E-state index contributed by atoms with van der Waals surface area (Å²) >= 11 is 10.4. The number of aryl methyl sites for hydroxylation is 1. The number of thiocarbonyl (C=S) groups is 1. The number of thioether (sulfide) groups is 1. The molecule has 0 radical (unpaired) electrons. The maximum atomic E-state index is 12.5. The Kier molecular flexibility index (Phi) is 11.1. The first-order chi connectivity index (χ1) is 20.6. The molecule has 1 aliphatic heterocycles. The predicted molar refractivity (Wildman–Crippen MR) is 172 cm³/mol. The van der Waals surface area contributed by atoms with Gasteiger partial charge in [0.1, 0.15) is 17.5 Å². The molecule has 1 saturated heterocycles. The van der Waals surface area contributed by atoms with Crippen molar-refractivity contribution < 1.29 is 28.7 Å². The summed E-state index contributed by atoms with van der Waals surface area (Å²) in [4.78, 5) is 32.6. The Hall–Kier alpha value is -3.56. The number of benzene rings is 2. The van der Waals surface area contributed by atoms with E-state index < -0.39 is 12.0 Å². The number of piperazine rings is 1. The second kappa shape index (κ2) is 14.8. The van der Waals surface area contributed by atoms with Gasteiger partial charge in [-0.2, -0.15) is 16.7 Å². The number of hydrogen-bond donors (Lipinski definition) is 3. The molecule has 1 aromatic heterocycles. The fraction of sp³-hybridized carbons (Fsp3) is 0.393. The molecule has 0 aliphatic carbocycles. The van der Waals surface area contributed by atoms with Crippen LogP contribution in [0.1, 0.15) is 40.6 Å². The smallest absolute Gasteiger partial charge is 0.339 e. The van der Waals surface area contributed by atoms with E-state index in [4.69, 9.17) is 26.2 Å². The zero-order valence-electron chi connectivity index (χ0n) is 24.2. The SMILES string of the molecule is COC(=O)c1c(Br)c(OC)cc(O)c1CSCC(NC(=S)Nc1ccc(N2CCN(C(C)=O)CC2)cc1)c1nc(C)no1. The van der Waals surface area contributed by atoms with Crippen LogP contribution in [0.3, 0.4) is 0 Å². The third-order valence-corrected chi connectivity index (χ3v) is 8.89. The second-order valence-corrected chi connectivity index (χ2v) is 11.9. The second-order valence-electron chi connectivity index (χ2n) is 9.64. The van der Waals surface area contributed by atoms with Gasteiger partial charge in [-0.15, -0.1) is 0 Å². The lowest BCUT2D eigenvalue weighted by molar-refractivity contribution is -0.129. The van der Waals surface area contributed by atoms with Crippen LogP contribution in [0.2, 0.25) is 0 Å². The number of nitrogens with zero attached hydrogens (tertiary/aromatic N) is 4. The fourth-order valence-electron chi connectivity index (χ4n) is 4.54. The minimum Gasteiger partial charge on any atom is -0.507 e. The van der Waals surface area contributed by atoms with Crippen LogP contribution in [0.25, 0.3) is 0 Å². The molecule has 0 spiro atoms. The predicted octanol–water partition coefficient (Wildman–Crippen LogP) is 4.27. The number of anilines is 2. The van der Waals surface area contributed by atoms with Gasteiger partial charge < -0.3 is 39.5 Å². The number of rotatable bonds is 10. The van der Waals surface area contributed by atoms with Gasteiger partial charge >= 0.3 is 5.97 Å². The van der Waals surface area contributed by atoms with E-state index in [-0.39, 0.29) is 23.0 Å². The number of amides is 1. The molecule has 43 heavy (non-hydrogen) atoms. The molecule has 1 atom stereocenters. The molecule has 15 heteroatoms. The Bertz CT molecular complexity index is 1460. The number of esters is 1.